The van der Waals surface area contributed by atoms with Gasteiger partial charge in [0.1, 0.15) is 0 Å². The van der Waals surface area contributed by atoms with E-state index in [-0.39, 0.29) is 11.3 Å². The van der Waals surface area contributed by atoms with Crippen molar-refractivity contribution in [3.63, 3.8) is 0 Å². The lowest BCUT2D eigenvalue weighted by molar-refractivity contribution is -0.144. The first-order chi connectivity index (χ1) is 11.1. The molecule has 3 rings (SSSR count). The lowest BCUT2D eigenvalue weighted by atomic mass is 10.0. The maximum atomic E-state index is 12.2. The molecule has 0 N–H and O–H groups in total. The Balaban J connectivity index is 2.09. The zero-order valence-corrected chi connectivity index (χ0v) is 12.9. The number of benzene rings is 2. The number of rotatable bonds is 3. The van der Waals surface area contributed by atoms with Crippen LogP contribution in [0.25, 0.3) is 5.76 Å². The molecule has 0 saturated heterocycles. The van der Waals surface area contributed by atoms with E-state index in [1.165, 1.54) is 0 Å². The van der Waals surface area contributed by atoms with Crippen LogP contribution in [0.15, 0.2) is 65.2 Å². The number of aryl methyl sites for hydroxylation is 1. The second-order valence-corrected chi connectivity index (χ2v) is 5.33. The van der Waals surface area contributed by atoms with Crippen LogP contribution in [0.2, 0.25) is 0 Å². The van der Waals surface area contributed by atoms with Gasteiger partial charge in [0, 0.05) is 5.56 Å². The first-order valence-electron chi connectivity index (χ1n) is 7.25. The Labute approximate surface area is 134 Å². The van der Waals surface area contributed by atoms with Gasteiger partial charge < -0.3 is 4.74 Å². The van der Waals surface area contributed by atoms with E-state index in [0.717, 1.165) is 11.3 Å². The molecule has 2 aromatic rings. The molecule has 0 bridgehead atoms. The van der Waals surface area contributed by atoms with E-state index < -0.39 is 11.8 Å². The fourth-order valence-corrected chi connectivity index (χ4v) is 2.46. The van der Waals surface area contributed by atoms with Crippen molar-refractivity contribution in [2.75, 3.05) is 0 Å². The highest BCUT2D eigenvalue weighted by Gasteiger charge is 2.36. The molecule has 1 heterocycles. The van der Waals surface area contributed by atoms with E-state index in [9.17, 15) is 9.59 Å². The number of ether oxygens (including phenoxy) is 1. The number of ketones is 1. The van der Waals surface area contributed by atoms with E-state index in [1.54, 1.807) is 19.1 Å². The van der Waals surface area contributed by atoms with Crippen LogP contribution in [0, 0.1) is 6.92 Å². The average Bonchev–Trinajstić information content (AvgIpc) is 2.84. The molecule has 4 nitrogen and oxygen atoms in total. The molecule has 0 unspecified atom stereocenters. The van der Waals surface area contributed by atoms with Crippen LogP contribution in [-0.2, 0) is 14.3 Å². The van der Waals surface area contributed by atoms with E-state index in [4.69, 9.17) is 4.74 Å². The van der Waals surface area contributed by atoms with Gasteiger partial charge in [-0.2, -0.15) is 0 Å². The molecule has 0 aliphatic carbocycles. The van der Waals surface area contributed by atoms with Crippen LogP contribution in [0.4, 0.5) is 5.69 Å². The van der Waals surface area contributed by atoms with Gasteiger partial charge in [-0.1, -0.05) is 42.5 Å². The maximum absolute atomic E-state index is 12.2. The molecule has 0 radical (unpaired) electrons. The summed E-state index contributed by atoms with van der Waals surface area (Å²) >= 11 is 0. The molecule has 0 fully saturated rings. The number of hydrogen-bond acceptors (Lipinski definition) is 4. The van der Waals surface area contributed by atoms with Crippen molar-refractivity contribution in [1.29, 1.82) is 0 Å². The summed E-state index contributed by atoms with van der Waals surface area (Å²) in [6, 6.07) is 16.7. The van der Waals surface area contributed by atoms with Crippen LogP contribution < -0.4 is 0 Å². The van der Waals surface area contributed by atoms with Crippen LogP contribution in [0.3, 0.4) is 0 Å². The third-order valence-corrected chi connectivity index (χ3v) is 3.53. The molecule has 1 aliphatic heterocycles. The number of esters is 1. The fourth-order valence-electron chi connectivity index (χ4n) is 2.46. The molecule has 114 valence electrons. The van der Waals surface area contributed by atoms with Crippen LogP contribution in [-0.4, -0.2) is 17.5 Å². The quantitative estimate of drug-likeness (QED) is 0.494. The average molecular weight is 305 g/mol. The molecule has 2 aromatic carbocycles. The second-order valence-electron chi connectivity index (χ2n) is 5.33. The predicted molar refractivity (Wildman–Crippen MR) is 88.4 cm³/mol. The normalized spacial score (nSPS) is 15.1. The highest BCUT2D eigenvalue weighted by molar-refractivity contribution is 6.53. The number of cyclic esters (lactones) is 1. The Morgan fingerprint density at radius 2 is 1.74 bits per heavy atom. The first-order valence-corrected chi connectivity index (χ1v) is 7.25. The van der Waals surface area contributed by atoms with Crippen molar-refractivity contribution < 1.29 is 14.3 Å². The SMILES string of the molecule is CC(=Nc1cccc(C)c1)C1=C(c2ccccc2)OC(=O)C1=O. The summed E-state index contributed by atoms with van der Waals surface area (Å²) in [5.41, 5.74) is 3.17. The standard InChI is InChI=1S/C19H15NO3/c1-12-7-6-10-15(11-12)20-13(2)16-17(21)19(22)23-18(16)14-8-4-3-5-9-14/h3-11H,1-2H3. The smallest absolute Gasteiger partial charge is 0.385 e. The number of carbonyl (C=O) groups is 2. The lowest BCUT2D eigenvalue weighted by Crippen LogP contribution is -2.13. The third kappa shape index (κ3) is 2.97. The van der Waals surface area contributed by atoms with Gasteiger partial charge in [0.05, 0.1) is 17.0 Å². The van der Waals surface area contributed by atoms with Crippen LogP contribution in [0.5, 0.6) is 0 Å². The van der Waals surface area contributed by atoms with Gasteiger partial charge in [-0.15, -0.1) is 0 Å². The summed E-state index contributed by atoms with van der Waals surface area (Å²) in [5, 5.41) is 0. The molecule has 23 heavy (non-hydrogen) atoms. The minimum atomic E-state index is -0.863. The molecule has 1 aliphatic rings. The van der Waals surface area contributed by atoms with Gasteiger partial charge in [0.15, 0.2) is 5.76 Å². The Morgan fingerprint density at radius 1 is 1.00 bits per heavy atom. The van der Waals surface area contributed by atoms with Crippen LogP contribution >= 0.6 is 0 Å². The van der Waals surface area contributed by atoms with Crippen molar-refractivity contribution in [2.45, 2.75) is 13.8 Å². The first kappa shape index (κ1) is 14.9. The maximum Gasteiger partial charge on any atom is 0.385 e. The molecular weight excluding hydrogens is 290 g/mol. The van der Waals surface area contributed by atoms with Gasteiger partial charge in [-0.05, 0) is 31.5 Å². The number of carbonyl (C=O) groups excluding carboxylic acids is 2. The van der Waals surface area contributed by atoms with E-state index >= 15 is 0 Å². The highest BCUT2D eigenvalue weighted by Crippen LogP contribution is 2.29. The van der Waals surface area contributed by atoms with Crippen LogP contribution in [0.1, 0.15) is 18.1 Å². The Kier molecular flexibility index (Phi) is 3.89. The Morgan fingerprint density at radius 3 is 2.43 bits per heavy atom. The summed E-state index contributed by atoms with van der Waals surface area (Å²) in [6.45, 7) is 3.68. The molecule has 0 spiro atoms. The van der Waals surface area contributed by atoms with Crippen molar-refractivity contribution in [3.8, 4) is 0 Å². The zero-order valence-electron chi connectivity index (χ0n) is 12.9. The molecule has 0 atom stereocenters. The summed E-state index contributed by atoms with van der Waals surface area (Å²) in [7, 11) is 0. The van der Waals surface area contributed by atoms with Gasteiger partial charge in [-0.25, -0.2) is 4.79 Å². The lowest BCUT2D eigenvalue weighted by Gasteiger charge is -2.05. The Bertz CT molecular complexity index is 848. The summed E-state index contributed by atoms with van der Waals surface area (Å²) in [5.74, 6) is -1.25. The molecule has 0 saturated carbocycles. The monoisotopic (exact) mass is 305 g/mol. The van der Waals surface area contributed by atoms with Crippen molar-refractivity contribution in [2.24, 2.45) is 4.99 Å². The summed E-state index contributed by atoms with van der Waals surface area (Å²) < 4.78 is 5.17. The van der Waals surface area contributed by atoms with Gasteiger partial charge in [-0.3, -0.25) is 9.79 Å². The largest absolute Gasteiger partial charge is 0.419 e. The molecular formula is C19H15NO3. The van der Waals surface area contributed by atoms with E-state index in [1.807, 2.05) is 49.4 Å². The Hall–Kier alpha value is -3.01. The van der Waals surface area contributed by atoms with Gasteiger partial charge >= 0.3 is 5.97 Å². The van der Waals surface area contributed by atoms with E-state index in [2.05, 4.69) is 4.99 Å². The zero-order chi connectivity index (χ0) is 16.4. The second kappa shape index (κ2) is 6.01. The predicted octanol–water partition coefficient (Wildman–Crippen LogP) is 3.62. The fraction of sp³-hybridized carbons (Fsp3) is 0.105. The van der Waals surface area contributed by atoms with E-state index in [0.29, 0.717) is 11.3 Å². The third-order valence-electron chi connectivity index (χ3n) is 3.53. The number of Topliss-reactive ketones (excluding diaryl/α,β-unsaturated/α-hetero) is 1. The molecule has 4 heteroatoms. The topological polar surface area (TPSA) is 55.7 Å². The van der Waals surface area contributed by atoms with Crippen molar-refractivity contribution in [3.05, 3.63) is 71.3 Å². The number of hydrogen-bond donors (Lipinski definition) is 0. The van der Waals surface area contributed by atoms with Gasteiger partial charge in [0.25, 0.3) is 5.78 Å². The van der Waals surface area contributed by atoms with Gasteiger partial charge in [0.2, 0.25) is 0 Å². The number of aliphatic imine (C=N–C) groups is 1. The molecule has 0 amide bonds. The van der Waals surface area contributed by atoms with Crippen molar-refractivity contribution >= 4 is 28.9 Å². The number of nitrogens with zero attached hydrogens (tertiary/aromatic N) is 1. The minimum Gasteiger partial charge on any atom is -0.419 e. The summed E-state index contributed by atoms with van der Waals surface area (Å²) in [6.07, 6.45) is 0. The minimum absolute atomic E-state index is 0.225. The summed E-state index contributed by atoms with van der Waals surface area (Å²) in [4.78, 5) is 28.4. The highest BCUT2D eigenvalue weighted by atomic mass is 16.5. The molecule has 0 aromatic heterocycles. The van der Waals surface area contributed by atoms with Crippen molar-refractivity contribution in [1.82, 2.24) is 0 Å².